The van der Waals surface area contributed by atoms with Gasteiger partial charge in [0.1, 0.15) is 0 Å². The lowest BCUT2D eigenvalue weighted by Crippen LogP contribution is -2.46. The van der Waals surface area contributed by atoms with Crippen LogP contribution in [-0.2, 0) is 0 Å². The van der Waals surface area contributed by atoms with E-state index >= 15 is 0 Å². The number of nitrogens with zero attached hydrogens (tertiary/aromatic N) is 2. The Bertz CT molecular complexity index is 450. The fourth-order valence-electron chi connectivity index (χ4n) is 1.99. The molecule has 4 nitrogen and oxygen atoms in total. The van der Waals surface area contributed by atoms with Crippen molar-refractivity contribution in [3.8, 4) is 0 Å². The second-order valence-corrected chi connectivity index (χ2v) is 4.27. The van der Waals surface area contributed by atoms with Crippen molar-refractivity contribution in [1.82, 2.24) is 9.88 Å². The summed E-state index contributed by atoms with van der Waals surface area (Å²) in [4.78, 5) is 16.7. The van der Waals surface area contributed by atoms with Gasteiger partial charge in [0.15, 0.2) is 5.82 Å². The molecule has 0 spiro atoms. The largest absolute Gasteiger partial charge is 0.395 e. The third-order valence-corrected chi connectivity index (χ3v) is 3.19. The minimum absolute atomic E-state index is 0.0141. The molecule has 0 bridgehead atoms. The first kappa shape index (κ1) is 12.9. The number of aromatic nitrogens is 1. The van der Waals surface area contributed by atoms with Crippen molar-refractivity contribution in [2.45, 2.75) is 25.3 Å². The molecule has 2 rings (SSSR count). The maximum absolute atomic E-state index is 13.5. The van der Waals surface area contributed by atoms with Crippen LogP contribution in [0, 0.1) is 11.8 Å². The Hall–Kier alpha value is -1.56. The van der Waals surface area contributed by atoms with Crippen LogP contribution in [0.4, 0.5) is 8.78 Å². The van der Waals surface area contributed by atoms with Gasteiger partial charge in [-0.15, -0.1) is 0 Å². The second-order valence-electron chi connectivity index (χ2n) is 4.27. The summed E-state index contributed by atoms with van der Waals surface area (Å²) in [6.45, 7) is -0.0652. The molecule has 1 aromatic heterocycles. The summed E-state index contributed by atoms with van der Waals surface area (Å²) in [6, 6.07) is 1.17. The second kappa shape index (κ2) is 5.39. The smallest absolute Gasteiger partial charge is 0.257 e. The maximum atomic E-state index is 13.5. The van der Waals surface area contributed by atoms with Gasteiger partial charge >= 0.3 is 0 Å². The zero-order chi connectivity index (χ0) is 13.1. The van der Waals surface area contributed by atoms with Gasteiger partial charge in [-0.1, -0.05) is 0 Å². The Kier molecular flexibility index (Phi) is 3.86. The fourth-order valence-corrected chi connectivity index (χ4v) is 1.99. The molecule has 0 atom stereocenters. The molecule has 0 aliphatic heterocycles. The molecule has 1 fully saturated rings. The van der Waals surface area contributed by atoms with Gasteiger partial charge in [-0.05, 0) is 25.3 Å². The average Bonchev–Trinajstić information content (AvgIpc) is 2.29. The van der Waals surface area contributed by atoms with Gasteiger partial charge in [0.25, 0.3) is 5.91 Å². The van der Waals surface area contributed by atoms with Crippen LogP contribution in [0.15, 0.2) is 12.3 Å². The van der Waals surface area contributed by atoms with E-state index in [2.05, 4.69) is 4.98 Å². The van der Waals surface area contributed by atoms with Crippen LogP contribution >= 0.6 is 0 Å². The number of carbonyl (C=O) groups excluding carboxylic acids is 1. The van der Waals surface area contributed by atoms with E-state index in [1.165, 1.54) is 4.90 Å². The minimum atomic E-state index is -1.28. The molecular formula is C12H14F2N2O2. The lowest BCUT2D eigenvalue weighted by molar-refractivity contribution is 0.0519. The van der Waals surface area contributed by atoms with Crippen LogP contribution < -0.4 is 0 Å². The first-order valence-corrected chi connectivity index (χ1v) is 5.87. The fraction of sp³-hybridized carbons (Fsp3) is 0.500. The number of rotatable bonds is 4. The highest BCUT2D eigenvalue weighted by Crippen LogP contribution is 2.26. The predicted molar refractivity (Wildman–Crippen MR) is 59.9 cm³/mol. The summed E-state index contributed by atoms with van der Waals surface area (Å²) in [6.07, 6.45) is 3.73. The minimum Gasteiger partial charge on any atom is -0.395 e. The van der Waals surface area contributed by atoms with E-state index in [9.17, 15) is 13.6 Å². The van der Waals surface area contributed by atoms with Crippen LogP contribution in [0.5, 0.6) is 0 Å². The third kappa shape index (κ3) is 2.33. The van der Waals surface area contributed by atoms with Crippen LogP contribution in [0.25, 0.3) is 0 Å². The van der Waals surface area contributed by atoms with Gasteiger partial charge in [-0.2, -0.15) is 4.39 Å². The Labute approximate surface area is 103 Å². The van der Waals surface area contributed by atoms with Gasteiger partial charge < -0.3 is 10.0 Å². The van der Waals surface area contributed by atoms with Crippen LogP contribution in [0.2, 0.25) is 0 Å². The average molecular weight is 256 g/mol. The third-order valence-electron chi connectivity index (χ3n) is 3.19. The van der Waals surface area contributed by atoms with Crippen LogP contribution in [-0.4, -0.2) is 40.1 Å². The van der Waals surface area contributed by atoms with Gasteiger partial charge in [-0.3, -0.25) is 4.79 Å². The number of hydrogen-bond donors (Lipinski definition) is 1. The molecule has 6 heteroatoms. The van der Waals surface area contributed by atoms with Crippen molar-refractivity contribution >= 4 is 5.91 Å². The summed E-state index contributed by atoms with van der Waals surface area (Å²) in [5, 5.41) is 8.95. The van der Waals surface area contributed by atoms with E-state index in [4.69, 9.17) is 5.11 Å². The quantitative estimate of drug-likeness (QED) is 0.827. The molecule has 1 aliphatic carbocycles. The zero-order valence-corrected chi connectivity index (χ0v) is 9.77. The standard InChI is InChI=1S/C12H14F2N2O2/c13-10-9(4-5-15-11(10)14)12(18)16(6-7-17)8-2-1-3-8/h4-5,8,17H,1-3,6-7H2. The zero-order valence-electron chi connectivity index (χ0n) is 9.77. The Morgan fingerprint density at radius 2 is 2.22 bits per heavy atom. The summed E-state index contributed by atoms with van der Waals surface area (Å²) < 4.78 is 26.5. The Morgan fingerprint density at radius 3 is 2.78 bits per heavy atom. The normalized spacial score (nSPS) is 15.3. The Morgan fingerprint density at radius 1 is 1.50 bits per heavy atom. The molecule has 98 valence electrons. The summed E-state index contributed by atoms with van der Waals surface area (Å²) >= 11 is 0. The topological polar surface area (TPSA) is 53.4 Å². The number of pyridine rings is 1. The molecule has 0 saturated heterocycles. The SMILES string of the molecule is O=C(c1ccnc(F)c1F)N(CCO)C1CCC1. The first-order chi connectivity index (χ1) is 8.65. The number of aliphatic hydroxyl groups excluding tert-OH is 1. The highest BCUT2D eigenvalue weighted by Gasteiger charge is 2.30. The van der Waals surface area contributed by atoms with E-state index in [1.54, 1.807) is 0 Å². The highest BCUT2D eigenvalue weighted by molar-refractivity contribution is 5.94. The maximum Gasteiger partial charge on any atom is 0.257 e. The van der Waals surface area contributed by atoms with Crippen molar-refractivity contribution in [1.29, 1.82) is 0 Å². The molecule has 1 aromatic rings. The van der Waals surface area contributed by atoms with Crippen LogP contribution in [0.1, 0.15) is 29.6 Å². The van der Waals surface area contributed by atoms with Crippen molar-refractivity contribution in [2.24, 2.45) is 0 Å². The molecule has 0 radical (unpaired) electrons. The molecule has 1 heterocycles. The summed E-state index contributed by atoms with van der Waals surface area (Å²) in [7, 11) is 0. The van der Waals surface area contributed by atoms with Gasteiger partial charge in [0.2, 0.25) is 5.95 Å². The molecule has 1 amide bonds. The Balaban J connectivity index is 2.24. The number of amides is 1. The molecular weight excluding hydrogens is 242 g/mol. The lowest BCUT2D eigenvalue weighted by atomic mass is 9.91. The van der Waals surface area contributed by atoms with Crippen molar-refractivity contribution in [2.75, 3.05) is 13.2 Å². The highest BCUT2D eigenvalue weighted by atomic mass is 19.2. The van der Waals surface area contributed by atoms with E-state index in [0.717, 1.165) is 31.5 Å². The molecule has 1 saturated carbocycles. The van der Waals surface area contributed by atoms with Crippen LogP contribution in [0.3, 0.4) is 0 Å². The first-order valence-electron chi connectivity index (χ1n) is 5.87. The lowest BCUT2D eigenvalue weighted by Gasteiger charge is -2.37. The molecule has 0 aromatic carbocycles. The van der Waals surface area contributed by atoms with Crippen molar-refractivity contribution in [3.05, 3.63) is 29.6 Å². The van der Waals surface area contributed by atoms with Crippen molar-refractivity contribution in [3.63, 3.8) is 0 Å². The molecule has 1 N–H and O–H groups in total. The number of halogens is 2. The molecule has 1 aliphatic rings. The van der Waals surface area contributed by atoms with Gasteiger partial charge in [0.05, 0.1) is 12.2 Å². The van der Waals surface area contributed by atoms with E-state index in [1.807, 2.05) is 0 Å². The number of aliphatic hydroxyl groups is 1. The van der Waals surface area contributed by atoms with Gasteiger partial charge in [-0.25, -0.2) is 9.37 Å². The summed E-state index contributed by atoms with van der Waals surface area (Å²) in [5.41, 5.74) is -0.331. The predicted octanol–water partition coefficient (Wildman–Crippen LogP) is 1.35. The number of carbonyl (C=O) groups is 1. The number of hydrogen-bond acceptors (Lipinski definition) is 3. The van der Waals surface area contributed by atoms with E-state index < -0.39 is 17.7 Å². The molecule has 18 heavy (non-hydrogen) atoms. The monoisotopic (exact) mass is 256 g/mol. The molecule has 0 unspecified atom stereocenters. The van der Waals surface area contributed by atoms with E-state index in [-0.39, 0.29) is 24.8 Å². The van der Waals surface area contributed by atoms with E-state index in [0.29, 0.717) is 0 Å². The summed E-state index contributed by atoms with van der Waals surface area (Å²) in [5.74, 6) is -3.10. The van der Waals surface area contributed by atoms with Gasteiger partial charge in [0, 0.05) is 18.8 Å². The van der Waals surface area contributed by atoms with Crippen molar-refractivity contribution < 1.29 is 18.7 Å².